The maximum Gasteiger partial charge on any atom is 0.410 e. The molecule has 0 spiro atoms. The van der Waals surface area contributed by atoms with Crippen molar-refractivity contribution >= 4 is 40.2 Å². The second-order valence-electron chi connectivity index (χ2n) is 10.3. The van der Waals surface area contributed by atoms with Crippen molar-refractivity contribution in [2.24, 2.45) is 7.05 Å². The largest absolute Gasteiger partial charge is 0.444 e. The van der Waals surface area contributed by atoms with Crippen molar-refractivity contribution in [1.82, 2.24) is 14.8 Å². The number of hydrogen-bond donors (Lipinski definition) is 2. The Labute approximate surface area is 228 Å². The quantitative estimate of drug-likeness (QED) is 0.446. The van der Waals surface area contributed by atoms with Crippen molar-refractivity contribution in [3.8, 4) is 0 Å². The first-order chi connectivity index (χ1) is 17.3. The molecule has 200 valence electrons. The Balaban J connectivity index is 1.95. The lowest BCUT2D eigenvalue weighted by atomic mass is 9.80. The van der Waals surface area contributed by atoms with Crippen LogP contribution in [0.25, 0.3) is 5.03 Å². The van der Waals surface area contributed by atoms with Gasteiger partial charge in [0.1, 0.15) is 11.3 Å². The Morgan fingerprint density at radius 3 is 2.43 bits per heavy atom. The molecule has 7 nitrogen and oxygen atoms in total. The molecule has 2 heterocycles. The van der Waals surface area contributed by atoms with Gasteiger partial charge in [0.15, 0.2) is 0 Å². The lowest BCUT2D eigenvalue weighted by Gasteiger charge is -2.43. The van der Waals surface area contributed by atoms with Gasteiger partial charge in [-0.05, 0) is 63.8 Å². The lowest BCUT2D eigenvalue weighted by molar-refractivity contribution is 0.0145. The Kier molecular flexibility index (Phi) is 8.83. The highest BCUT2D eigenvalue weighted by atomic mass is 35.5. The molecular weight excluding hydrogens is 513 g/mol. The van der Waals surface area contributed by atoms with E-state index in [1.165, 1.54) is 6.08 Å². The molecule has 0 atom stereocenters. The number of carbonyl (C=O) groups excluding carboxylic acids is 2. The minimum absolute atomic E-state index is 0.114. The molecule has 1 aliphatic heterocycles. The molecule has 0 radical (unpaired) electrons. The van der Waals surface area contributed by atoms with Crippen LogP contribution in [0.2, 0.25) is 0 Å². The topological polar surface area (TPSA) is 83.8 Å². The van der Waals surface area contributed by atoms with Gasteiger partial charge in [0.05, 0.1) is 22.2 Å². The van der Waals surface area contributed by atoms with Gasteiger partial charge in [-0.25, -0.2) is 4.79 Å². The number of rotatable bonds is 6. The molecule has 37 heavy (non-hydrogen) atoms. The summed E-state index contributed by atoms with van der Waals surface area (Å²) in [5, 5.41) is 13.6. The third kappa shape index (κ3) is 6.40. The van der Waals surface area contributed by atoms with E-state index in [0.29, 0.717) is 47.3 Å². The third-order valence-corrected chi connectivity index (χ3v) is 7.52. The van der Waals surface area contributed by atoms with Crippen LogP contribution in [0.3, 0.4) is 0 Å². The number of nitrogens with one attached hydrogen (secondary N) is 1. The van der Waals surface area contributed by atoms with Crippen molar-refractivity contribution in [2.75, 3.05) is 13.1 Å². The highest BCUT2D eigenvalue weighted by Gasteiger charge is 2.40. The van der Waals surface area contributed by atoms with Crippen molar-refractivity contribution in [1.29, 1.82) is 0 Å². The molecule has 1 saturated heterocycles. The molecule has 0 bridgehead atoms. The highest BCUT2D eigenvalue weighted by molar-refractivity contribution is 6.55. The van der Waals surface area contributed by atoms with Gasteiger partial charge in [0.2, 0.25) is 0 Å². The summed E-state index contributed by atoms with van der Waals surface area (Å²) >= 11 is 12.6. The van der Waals surface area contributed by atoms with Crippen molar-refractivity contribution in [3.05, 3.63) is 76.1 Å². The summed E-state index contributed by atoms with van der Waals surface area (Å²) in [5.74, 6) is -0.281. The maximum absolute atomic E-state index is 13.7. The number of allylic oxidation sites excluding steroid dienone is 2. The molecule has 1 fully saturated rings. The normalized spacial score (nSPS) is 16.2. The molecule has 2 amide bonds. The number of ether oxygens (including phenoxy) is 1. The number of aliphatic hydroxyl groups excluding tert-OH is 1. The molecule has 9 heteroatoms. The molecule has 1 aromatic carbocycles. The second kappa shape index (κ2) is 11.3. The predicted molar refractivity (Wildman–Crippen MR) is 148 cm³/mol. The summed E-state index contributed by atoms with van der Waals surface area (Å²) in [5.41, 5.74) is 2.12. The van der Waals surface area contributed by atoms with E-state index in [1.807, 2.05) is 52.0 Å². The number of aromatic nitrogens is 1. The standard InChI is InChI=1S/C28H35Cl2N3O4/c1-7-22(29)24(30)21-16-23(32(6)18(21)2)25(35)31-28(20-10-8-9-19(15-20)17-34)11-13-33(14-12-28)26(36)37-27(3,4)5/h7-10,15-16,34H,1,11-14,17H2,2-6H3,(H,31,35)/b24-22-. The van der Waals surface area contributed by atoms with Crippen LogP contribution in [-0.2, 0) is 23.9 Å². The number of piperidine rings is 1. The first-order valence-electron chi connectivity index (χ1n) is 12.2. The summed E-state index contributed by atoms with van der Waals surface area (Å²) in [6.45, 7) is 11.7. The summed E-state index contributed by atoms with van der Waals surface area (Å²) in [4.78, 5) is 28.0. The molecule has 0 unspecified atom stereocenters. The summed E-state index contributed by atoms with van der Waals surface area (Å²) in [6.07, 6.45) is 2.04. The Hall–Kier alpha value is -2.74. The zero-order chi connectivity index (χ0) is 27.5. The number of likely N-dealkylation sites (tertiary alicyclic amines) is 1. The van der Waals surface area contributed by atoms with Gasteiger partial charge in [-0.3, -0.25) is 4.79 Å². The van der Waals surface area contributed by atoms with E-state index in [9.17, 15) is 14.7 Å². The molecule has 1 aliphatic rings. The molecule has 2 aromatic rings. The number of carbonyl (C=O) groups is 2. The maximum atomic E-state index is 13.7. The number of nitrogens with zero attached hydrogens (tertiary/aromatic N) is 2. The van der Waals surface area contributed by atoms with E-state index in [-0.39, 0.29) is 18.6 Å². The van der Waals surface area contributed by atoms with E-state index >= 15 is 0 Å². The van der Waals surface area contributed by atoms with Crippen LogP contribution < -0.4 is 5.32 Å². The van der Waals surface area contributed by atoms with Crippen LogP contribution in [0.5, 0.6) is 0 Å². The van der Waals surface area contributed by atoms with Crippen LogP contribution in [0.15, 0.2) is 48.0 Å². The van der Waals surface area contributed by atoms with E-state index in [2.05, 4.69) is 11.9 Å². The zero-order valence-electron chi connectivity index (χ0n) is 22.0. The summed E-state index contributed by atoms with van der Waals surface area (Å²) in [7, 11) is 1.80. The Morgan fingerprint density at radius 1 is 1.22 bits per heavy atom. The first kappa shape index (κ1) is 28.8. The number of halogens is 2. The lowest BCUT2D eigenvalue weighted by Crippen LogP contribution is -2.54. The van der Waals surface area contributed by atoms with Gasteiger partial charge in [-0.15, -0.1) is 0 Å². The highest BCUT2D eigenvalue weighted by Crippen LogP contribution is 2.36. The minimum Gasteiger partial charge on any atom is -0.444 e. The van der Waals surface area contributed by atoms with Gasteiger partial charge in [0.25, 0.3) is 5.91 Å². The Bertz CT molecular complexity index is 1220. The molecule has 0 saturated carbocycles. The average Bonchev–Trinajstić information content (AvgIpc) is 3.16. The van der Waals surface area contributed by atoms with E-state index in [4.69, 9.17) is 27.9 Å². The number of amides is 2. The van der Waals surface area contributed by atoms with Crippen LogP contribution >= 0.6 is 23.2 Å². The van der Waals surface area contributed by atoms with Crippen molar-refractivity contribution < 1.29 is 19.4 Å². The molecule has 0 aliphatic carbocycles. The first-order valence-corrected chi connectivity index (χ1v) is 12.9. The molecular formula is C28H35Cl2N3O4. The third-order valence-electron chi connectivity index (χ3n) is 6.68. The molecule has 3 rings (SSSR count). The van der Waals surface area contributed by atoms with Gasteiger partial charge in [0, 0.05) is 31.4 Å². The van der Waals surface area contributed by atoms with Gasteiger partial charge in [-0.2, -0.15) is 0 Å². The van der Waals surface area contributed by atoms with Crippen LogP contribution in [0.4, 0.5) is 4.79 Å². The van der Waals surface area contributed by atoms with Gasteiger partial charge in [-0.1, -0.05) is 54.0 Å². The van der Waals surface area contributed by atoms with Crippen LogP contribution in [-0.4, -0.2) is 45.3 Å². The van der Waals surface area contributed by atoms with Gasteiger partial charge >= 0.3 is 6.09 Å². The number of benzene rings is 1. The Morgan fingerprint density at radius 2 is 1.86 bits per heavy atom. The van der Waals surface area contributed by atoms with Gasteiger partial charge < -0.3 is 24.6 Å². The van der Waals surface area contributed by atoms with Crippen molar-refractivity contribution in [2.45, 2.75) is 58.3 Å². The SMILES string of the molecule is C=C/C(Cl)=C(/Cl)c1cc(C(=O)NC2(c3cccc(CO)c3)CCN(C(=O)OC(C)(C)C)CC2)n(C)c1C. The number of hydrogen-bond acceptors (Lipinski definition) is 4. The summed E-state index contributed by atoms with van der Waals surface area (Å²) < 4.78 is 7.32. The molecule has 1 aromatic heterocycles. The predicted octanol–water partition coefficient (Wildman–Crippen LogP) is 5.81. The molecule has 2 N–H and O–H groups in total. The monoisotopic (exact) mass is 547 g/mol. The fourth-order valence-electron chi connectivity index (χ4n) is 4.49. The van der Waals surface area contributed by atoms with Crippen molar-refractivity contribution in [3.63, 3.8) is 0 Å². The van der Waals surface area contributed by atoms with Crippen LogP contribution in [0, 0.1) is 6.92 Å². The summed E-state index contributed by atoms with van der Waals surface area (Å²) in [6, 6.07) is 9.25. The minimum atomic E-state index is -0.752. The van der Waals surface area contributed by atoms with Crippen LogP contribution in [0.1, 0.15) is 66.5 Å². The second-order valence-corrected chi connectivity index (χ2v) is 11.1. The van der Waals surface area contributed by atoms with E-state index < -0.39 is 11.1 Å². The number of aliphatic hydroxyl groups is 1. The van der Waals surface area contributed by atoms with E-state index in [0.717, 1.165) is 16.8 Å². The fourth-order valence-corrected chi connectivity index (χ4v) is 4.86. The smallest absolute Gasteiger partial charge is 0.410 e. The fraction of sp³-hybridized carbons (Fsp3) is 0.429. The van der Waals surface area contributed by atoms with E-state index in [1.54, 1.807) is 22.6 Å². The average molecular weight is 549 g/mol. The zero-order valence-corrected chi connectivity index (χ0v) is 23.5.